The van der Waals surface area contributed by atoms with Gasteiger partial charge >= 0.3 is 0 Å². The molecule has 1 amide bonds. The van der Waals surface area contributed by atoms with Crippen molar-refractivity contribution >= 4 is 35.6 Å². The molecular formula is C18H19Cl2FN2O2. The number of ether oxygens (including phenoxy) is 1. The molecule has 1 heterocycles. The zero-order chi connectivity index (χ0) is 17.1. The summed E-state index contributed by atoms with van der Waals surface area (Å²) in [6.07, 6.45) is 0.791. The van der Waals surface area contributed by atoms with Crippen LogP contribution >= 0.6 is 24.0 Å². The van der Waals surface area contributed by atoms with Crippen LogP contribution in [-0.4, -0.2) is 24.7 Å². The van der Waals surface area contributed by atoms with E-state index in [1.54, 1.807) is 30.3 Å². The summed E-state index contributed by atoms with van der Waals surface area (Å²) < 4.78 is 19.3. The van der Waals surface area contributed by atoms with E-state index in [1.807, 2.05) is 0 Å². The van der Waals surface area contributed by atoms with Gasteiger partial charge < -0.3 is 15.8 Å². The molecule has 3 N–H and O–H groups in total. The van der Waals surface area contributed by atoms with Crippen molar-refractivity contribution in [2.75, 3.05) is 11.9 Å². The molecular weight excluding hydrogens is 366 g/mol. The highest BCUT2D eigenvalue weighted by Gasteiger charge is 2.30. The van der Waals surface area contributed by atoms with Gasteiger partial charge in [-0.1, -0.05) is 23.7 Å². The molecule has 2 atom stereocenters. The monoisotopic (exact) mass is 384 g/mol. The van der Waals surface area contributed by atoms with Crippen molar-refractivity contribution in [3.63, 3.8) is 0 Å². The Hall–Kier alpha value is -1.66. The van der Waals surface area contributed by atoms with E-state index in [2.05, 4.69) is 5.32 Å². The molecule has 0 saturated carbocycles. The van der Waals surface area contributed by atoms with Crippen LogP contribution in [0.3, 0.4) is 0 Å². The average molecular weight is 385 g/mol. The molecule has 0 aromatic heterocycles. The third-order valence-electron chi connectivity index (χ3n) is 4.06. The van der Waals surface area contributed by atoms with Gasteiger partial charge in [0, 0.05) is 22.8 Å². The van der Waals surface area contributed by atoms with E-state index in [1.165, 1.54) is 12.1 Å². The fraction of sp³-hybridized carbons (Fsp3) is 0.278. The van der Waals surface area contributed by atoms with Crippen molar-refractivity contribution in [3.8, 4) is 11.1 Å². The number of halogens is 3. The fourth-order valence-electron chi connectivity index (χ4n) is 2.78. The van der Waals surface area contributed by atoms with E-state index >= 15 is 0 Å². The van der Waals surface area contributed by atoms with Gasteiger partial charge in [0.1, 0.15) is 11.9 Å². The molecule has 4 nitrogen and oxygen atoms in total. The normalized spacial score (nSPS) is 19.3. The Morgan fingerprint density at radius 3 is 2.60 bits per heavy atom. The number of nitrogens with one attached hydrogen (secondary N) is 1. The summed E-state index contributed by atoms with van der Waals surface area (Å²) in [4.78, 5) is 12.4. The van der Waals surface area contributed by atoms with Gasteiger partial charge in [0.2, 0.25) is 0 Å². The Bertz CT molecular complexity index is 740. The Balaban J connectivity index is 0.00000225. The van der Waals surface area contributed by atoms with E-state index < -0.39 is 6.10 Å². The number of hydrogen-bond donors (Lipinski definition) is 2. The maximum atomic E-state index is 13.7. The van der Waals surface area contributed by atoms with E-state index in [4.69, 9.17) is 22.1 Å². The second-order valence-corrected chi connectivity index (χ2v) is 6.18. The molecule has 7 heteroatoms. The summed E-state index contributed by atoms with van der Waals surface area (Å²) in [6.45, 7) is 0.399. The SMILES string of the molecule is Cl.NC[C@H]1CC[C@@H](C(=O)Nc2ccc(F)cc2-c2ccc(Cl)cc2)O1. The Labute approximate surface area is 156 Å². The topological polar surface area (TPSA) is 64.4 Å². The van der Waals surface area contributed by atoms with Gasteiger partial charge in [0.05, 0.1) is 6.10 Å². The van der Waals surface area contributed by atoms with Gasteiger partial charge in [-0.25, -0.2) is 4.39 Å². The van der Waals surface area contributed by atoms with Crippen LogP contribution in [0.15, 0.2) is 42.5 Å². The first-order valence-corrected chi connectivity index (χ1v) is 8.16. The lowest BCUT2D eigenvalue weighted by Gasteiger charge is -2.15. The third-order valence-corrected chi connectivity index (χ3v) is 4.31. The minimum Gasteiger partial charge on any atom is -0.364 e. The first-order valence-electron chi connectivity index (χ1n) is 7.78. The molecule has 2 aromatic rings. The van der Waals surface area contributed by atoms with Crippen molar-refractivity contribution < 1.29 is 13.9 Å². The maximum absolute atomic E-state index is 13.7. The second kappa shape index (κ2) is 8.63. The minimum absolute atomic E-state index is 0. The molecule has 1 fully saturated rings. The first kappa shape index (κ1) is 19.7. The van der Waals surface area contributed by atoms with Crippen LogP contribution in [-0.2, 0) is 9.53 Å². The molecule has 1 saturated heterocycles. The summed E-state index contributed by atoms with van der Waals surface area (Å²) >= 11 is 5.90. The number of anilines is 1. The molecule has 2 aromatic carbocycles. The molecule has 134 valence electrons. The Morgan fingerprint density at radius 2 is 1.96 bits per heavy atom. The quantitative estimate of drug-likeness (QED) is 0.836. The molecule has 1 aliphatic rings. The van der Waals surface area contributed by atoms with Crippen LogP contribution in [0.5, 0.6) is 0 Å². The Morgan fingerprint density at radius 1 is 1.24 bits per heavy atom. The van der Waals surface area contributed by atoms with Gasteiger partial charge in [0.15, 0.2) is 0 Å². The molecule has 0 radical (unpaired) electrons. The molecule has 0 aliphatic carbocycles. The number of hydrogen-bond acceptors (Lipinski definition) is 3. The van der Waals surface area contributed by atoms with Crippen molar-refractivity contribution in [3.05, 3.63) is 53.3 Å². The van der Waals surface area contributed by atoms with Gasteiger partial charge in [-0.3, -0.25) is 4.79 Å². The lowest BCUT2D eigenvalue weighted by atomic mass is 10.0. The third kappa shape index (κ3) is 4.70. The van der Waals surface area contributed by atoms with E-state index in [0.29, 0.717) is 29.2 Å². The molecule has 0 spiro atoms. The number of amides is 1. The molecule has 0 unspecified atom stereocenters. The van der Waals surface area contributed by atoms with Gasteiger partial charge in [0.25, 0.3) is 5.91 Å². The smallest absolute Gasteiger partial charge is 0.253 e. The number of carbonyl (C=O) groups excluding carboxylic acids is 1. The van der Waals surface area contributed by atoms with Crippen molar-refractivity contribution in [1.82, 2.24) is 0 Å². The first-order chi connectivity index (χ1) is 11.6. The predicted molar refractivity (Wildman–Crippen MR) is 99.7 cm³/mol. The van der Waals surface area contributed by atoms with Crippen LogP contribution < -0.4 is 11.1 Å². The summed E-state index contributed by atoms with van der Waals surface area (Å²) in [6, 6.07) is 11.3. The molecule has 3 rings (SSSR count). The van der Waals surface area contributed by atoms with Crippen molar-refractivity contribution in [2.45, 2.75) is 25.0 Å². The van der Waals surface area contributed by atoms with Crippen LogP contribution in [0.25, 0.3) is 11.1 Å². The maximum Gasteiger partial charge on any atom is 0.253 e. The lowest BCUT2D eigenvalue weighted by molar-refractivity contribution is -0.126. The van der Waals surface area contributed by atoms with Crippen LogP contribution in [0, 0.1) is 5.82 Å². The van der Waals surface area contributed by atoms with Gasteiger partial charge in [-0.05, 0) is 48.7 Å². The minimum atomic E-state index is -0.526. The lowest BCUT2D eigenvalue weighted by Crippen LogP contribution is -2.30. The summed E-state index contributed by atoms with van der Waals surface area (Å²) in [5, 5.41) is 3.42. The van der Waals surface area contributed by atoms with Gasteiger partial charge in [-0.2, -0.15) is 0 Å². The molecule has 1 aliphatic heterocycles. The predicted octanol–water partition coefficient (Wildman–Crippen LogP) is 4.01. The zero-order valence-corrected chi connectivity index (χ0v) is 14.9. The number of benzene rings is 2. The van der Waals surface area contributed by atoms with Crippen LogP contribution in [0.2, 0.25) is 5.02 Å². The highest BCUT2D eigenvalue weighted by molar-refractivity contribution is 6.30. The summed E-state index contributed by atoms with van der Waals surface area (Å²) in [7, 11) is 0. The Kier molecular flexibility index (Phi) is 6.79. The highest BCUT2D eigenvalue weighted by Crippen LogP contribution is 2.30. The number of nitrogens with two attached hydrogens (primary N) is 1. The van der Waals surface area contributed by atoms with Crippen molar-refractivity contribution in [2.24, 2.45) is 5.73 Å². The van der Waals surface area contributed by atoms with E-state index in [-0.39, 0.29) is 30.2 Å². The highest BCUT2D eigenvalue weighted by atomic mass is 35.5. The number of carbonyl (C=O) groups is 1. The largest absolute Gasteiger partial charge is 0.364 e. The number of rotatable bonds is 4. The second-order valence-electron chi connectivity index (χ2n) is 5.75. The van der Waals surface area contributed by atoms with Gasteiger partial charge in [-0.15, -0.1) is 12.4 Å². The standard InChI is InChI=1S/C18H18ClFN2O2.ClH/c19-12-3-1-11(2-4-12)15-9-13(20)5-7-16(15)22-18(23)17-8-6-14(10-21)24-17;/h1-5,7,9,14,17H,6,8,10,21H2,(H,22,23);1H/t14-,17+;/m1./s1. The zero-order valence-electron chi connectivity index (χ0n) is 13.4. The van der Waals surface area contributed by atoms with E-state index in [9.17, 15) is 9.18 Å². The van der Waals surface area contributed by atoms with Crippen molar-refractivity contribution in [1.29, 1.82) is 0 Å². The summed E-state index contributed by atoms with van der Waals surface area (Å²) in [5.41, 5.74) is 7.46. The fourth-order valence-corrected chi connectivity index (χ4v) is 2.90. The van der Waals surface area contributed by atoms with E-state index in [0.717, 1.165) is 12.0 Å². The summed E-state index contributed by atoms with van der Waals surface area (Å²) in [5.74, 6) is -0.619. The average Bonchev–Trinajstić information content (AvgIpc) is 3.06. The van der Waals surface area contributed by atoms with Crippen LogP contribution in [0.1, 0.15) is 12.8 Å². The molecule has 0 bridgehead atoms. The molecule has 25 heavy (non-hydrogen) atoms. The van der Waals surface area contributed by atoms with Crippen LogP contribution in [0.4, 0.5) is 10.1 Å².